The second-order valence-electron chi connectivity index (χ2n) is 3.62. The van der Waals surface area contributed by atoms with Crippen LogP contribution in [0, 0.1) is 0 Å². The van der Waals surface area contributed by atoms with Crippen LogP contribution in [-0.2, 0) is 0 Å². The van der Waals surface area contributed by atoms with Crippen LogP contribution in [0.15, 0.2) is 12.1 Å². The van der Waals surface area contributed by atoms with Gasteiger partial charge in [-0.3, -0.25) is 0 Å². The summed E-state index contributed by atoms with van der Waals surface area (Å²) in [6.45, 7) is 2.10. The number of alkyl halides is 1. The van der Waals surface area contributed by atoms with Crippen LogP contribution in [0.3, 0.4) is 0 Å². The minimum absolute atomic E-state index is 0.334. The molecular weight excluding hydrogens is 228 g/mol. The standard InChI is InChI=1S/C9H13ClN6/c1-7(3-2-6-10)11-8-4-5-9-12-14-15-16(9)13-8/h4-5,7H,2-3,6H2,1H3,(H,11,13). The Morgan fingerprint density at radius 3 is 3.19 bits per heavy atom. The third-order valence-corrected chi connectivity index (χ3v) is 2.50. The number of tetrazole rings is 1. The van der Waals surface area contributed by atoms with E-state index in [9.17, 15) is 0 Å². The Morgan fingerprint density at radius 1 is 1.50 bits per heavy atom. The molecule has 2 aromatic rings. The van der Waals surface area contributed by atoms with E-state index in [0.717, 1.165) is 18.7 Å². The molecule has 0 saturated carbocycles. The number of hydrogen-bond donors (Lipinski definition) is 1. The van der Waals surface area contributed by atoms with Gasteiger partial charge in [-0.15, -0.1) is 26.4 Å². The van der Waals surface area contributed by atoms with Crippen molar-refractivity contribution in [3.8, 4) is 0 Å². The number of hydrogen-bond acceptors (Lipinski definition) is 5. The summed E-state index contributed by atoms with van der Waals surface area (Å²) in [7, 11) is 0. The summed E-state index contributed by atoms with van der Waals surface area (Å²) in [5.41, 5.74) is 0.638. The average Bonchev–Trinajstić information content (AvgIpc) is 2.73. The van der Waals surface area contributed by atoms with E-state index in [4.69, 9.17) is 11.6 Å². The van der Waals surface area contributed by atoms with Crippen LogP contribution in [0.25, 0.3) is 5.65 Å². The highest BCUT2D eigenvalue weighted by atomic mass is 35.5. The van der Waals surface area contributed by atoms with Gasteiger partial charge in [-0.2, -0.15) is 0 Å². The number of fused-ring (bicyclic) bond motifs is 1. The maximum Gasteiger partial charge on any atom is 0.200 e. The maximum atomic E-state index is 5.64. The fourth-order valence-corrected chi connectivity index (χ4v) is 1.59. The Bertz CT molecular complexity index is 456. The number of nitrogens with zero attached hydrogens (tertiary/aromatic N) is 5. The van der Waals surface area contributed by atoms with Gasteiger partial charge < -0.3 is 5.32 Å². The second kappa shape index (κ2) is 5.07. The molecule has 0 amide bonds. The molecule has 0 aliphatic heterocycles. The molecular formula is C9H13ClN6. The van der Waals surface area contributed by atoms with E-state index in [2.05, 4.69) is 32.9 Å². The van der Waals surface area contributed by atoms with Crippen molar-refractivity contribution in [1.82, 2.24) is 25.3 Å². The molecule has 0 radical (unpaired) electrons. The van der Waals surface area contributed by atoms with Gasteiger partial charge in [0.05, 0.1) is 0 Å². The Balaban J connectivity index is 2.03. The first-order chi connectivity index (χ1) is 7.79. The van der Waals surface area contributed by atoms with Gasteiger partial charge >= 0.3 is 0 Å². The molecule has 0 aliphatic rings. The summed E-state index contributed by atoms with van der Waals surface area (Å²) in [4.78, 5) is 0. The van der Waals surface area contributed by atoms with Crippen LogP contribution in [-0.4, -0.2) is 37.2 Å². The first-order valence-electron chi connectivity index (χ1n) is 5.17. The number of aromatic nitrogens is 5. The van der Waals surface area contributed by atoms with E-state index < -0.39 is 0 Å². The van der Waals surface area contributed by atoms with Gasteiger partial charge in [0.15, 0.2) is 5.65 Å². The van der Waals surface area contributed by atoms with E-state index in [1.54, 1.807) is 0 Å². The fraction of sp³-hybridized carbons (Fsp3) is 0.556. The average molecular weight is 241 g/mol. The highest BCUT2D eigenvalue weighted by Crippen LogP contribution is 2.08. The molecule has 1 N–H and O–H groups in total. The van der Waals surface area contributed by atoms with E-state index >= 15 is 0 Å². The molecule has 2 aromatic heterocycles. The molecule has 2 rings (SSSR count). The Kier molecular flexibility index (Phi) is 3.51. The van der Waals surface area contributed by atoms with Crippen LogP contribution in [0.2, 0.25) is 0 Å². The summed E-state index contributed by atoms with van der Waals surface area (Å²) < 4.78 is 1.40. The minimum atomic E-state index is 0.334. The zero-order valence-corrected chi connectivity index (χ0v) is 9.72. The number of rotatable bonds is 5. The van der Waals surface area contributed by atoms with Gasteiger partial charge in [0.1, 0.15) is 5.82 Å². The van der Waals surface area contributed by atoms with E-state index in [1.165, 1.54) is 4.63 Å². The predicted octanol–water partition coefficient (Wildman–Crippen LogP) is 1.34. The first kappa shape index (κ1) is 11.1. The third-order valence-electron chi connectivity index (χ3n) is 2.23. The molecule has 86 valence electrons. The quantitative estimate of drug-likeness (QED) is 0.799. The van der Waals surface area contributed by atoms with Crippen molar-refractivity contribution in [2.75, 3.05) is 11.2 Å². The molecule has 7 heteroatoms. The van der Waals surface area contributed by atoms with Crippen LogP contribution < -0.4 is 5.32 Å². The van der Waals surface area contributed by atoms with Crippen molar-refractivity contribution in [1.29, 1.82) is 0 Å². The van der Waals surface area contributed by atoms with Crippen molar-refractivity contribution in [3.63, 3.8) is 0 Å². The largest absolute Gasteiger partial charge is 0.366 e. The molecule has 16 heavy (non-hydrogen) atoms. The lowest BCUT2D eigenvalue weighted by Crippen LogP contribution is -2.17. The summed E-state index contributed by atoms with van der Waals surface area (Å²) in [6, 6.07) is 4.02. The van der Waals surface area contributed by atoms with E-state index in [-0.39, 0.29) is 0 Å². The first-order valence-corrected chi connectivity index (χ1v) is 5.71. The van der Waals surface area contributed by atoms with Gasteiger partial charge in [-0.1, -0.05) is 0 Å². The van der Waals surface area contributed by atoms with Gasteiger partial charge in [-0.05, 0) is 42.3 Å². The molecule has 0 bridgehead atoms. The van der Waals surface area contributed by atoms with Crippen molar-refractivity contribution in [2.24, 2.45) is 0 Å². The predicted molar refractivity (Wildman–Crippen MR) is 61.6 cm³/mol. The van der Waals surface area contributed by atoms with Crippen molar-refractivity contribution >= 4 is 23.1 Å². The normalized spacial score (nSPS) is 12.9. The number of halogens is 1. The smallest absolute Gasteiger partial charge is 0.200 e. The lowest BCUT2D eigenvalue weighted by atomic mass is 10.2. The van der Waals surface area contributed by atoms with Gasteiger partial charge in [0.2, 0.25) is 0 Å². The summed E-state index contributed by atoms with van der Waals surface area (Å²) in [6.07, 6.45) is 2.00. The zero-order chi connectivity index (χ0) is 11.4. The van der Waals surface area contributed by atoms with E-state index in [1.807, 2.05) is 12.1 Å². The highest BCUT2D eigenvalue weighted by molar-refractivity contribution is 6.17. The maximum absolute atomic E-state index is 5.64. The summed E-state index contributed by atoms with van der Waals surface area (Å²) >= 11 is 5.64. The Labute approximate surface area is 98.0 Å². The lowest BCUT2D eigenvalue weighted by molar-refractivity contribution is 0.678. The van der Waals surface area contributed by atoms with Crippen molar-refractivity contribution in [2.45, 2.75) is 25.8 Å². The topological polar surface area (TPSA) is 68.0 Å². The van der Waals surface area contributed by atoms with Crippen LogP contribution in [0.1, 0.15) is 19.8 Å². The Hall–Kier alpha value is -1.43. The molecule has 1 atom stereocenters. The monoisotopic (exact) mass is 240 g/mol. The SMILES string of the molecule is CC(CCCCl)Nc1ccc2nnnn2n1. The Morgan fingerprint density at radius 2 is 2.38 bits per heavy atom. The molecule has 0 spiro atoms. The number of anilines is 1. The summed E-state index contributed by atoms with van der Waals surface area (Å²) in [5, 5.41) is 18.5. The molecule has 0 saturated heterocycles. The molecule has 2 heterocycles. The lowest BCUT2D eigenvalue weighted by Gasteiger charge is -2.12. The fourth-order valence-electron chi connectivity index (χ4n) is 1.43. The molecule has 0 fully saturated rings. The zero-order valence-electron chi connectivity index (χ0n) is 8.97. The van der Waals surface area contributed by atoms with Gasteiger partial charge in [-0.25, -0.2) is 0 Å². The van der Waals surface area contributed by atoms with Crippen LogP contribution >= 0.6 is 11.6 Å². The van der Waals surface area contributed by atoms with Gasteiger partial charge in [0.25, 0.3) is 0 Å². The minimum Gasteiger partial charge on any atom is -0.366 e. The summed E-state index contributed by atoms with van der Waals surface area (Å²) in [5.74, 6) is 1.45. The third kappa shape index (κ3) is 2.57. The molecule has 0 aromatic carbocycles. The van der Waals surface area contributed by atoms with Crippen molar-refractivity contribution in [3.05, 3.63) is 12.1 Å². The van der Waals surface area contributed by atoms with Crippen molar-refractivity contribution < 1.29 is 0 Å². The highest BCUT2D eigenvalue weighted by Gasteiger charge is 2.04. The number of nitrogens with one attached hydrogen (secondary N) is 1. The van der Waals surface area contributed by atoms with Crippen LogP contribution in [0.5, 0.6) is 0 Å². The molecule has 1 unspecified atom stereocenters. The van der Waals surface area contributed by atoms with E-state index in [0.29, 0.717) is 17.6 Å². The second-order valence-corrected chi connectivity index (χ2v) is 4.00. The van der Waals surface area contributed by atoms with Crippen LogP contribution in [0.4, 0.5) is 5.82 Å². The molecule has 6 nitrogen and oxygen atoms in total. The van der Waals surface area contributed by atoms with Gasteiger partial charge in [0, 0.05) is 11.9 Å². The molecule has 0 aliphatic carbocycles.